The quantitative estimate of drug-likeness (QED) is 0.787. The Bertz CT molecular complexity index is 361. The van der Waals surface area contributed by atoms with Gasteiger partial charge in [0.05, 0.1) is 6.54 Å². The van der Waals surface area contributed by atoms with E-state index in [9.17, 15) is 4.79 Å². The predicted octanol–water partition coefficient (Wildman–Crippen LogP) is 2.58. The molecule has 1 aromatic rings. The van der Waals surface area contributed by atoms with Gasteiger partial charge in [0, 0.05) is 23.2 Å². The van der Waals surface area contributed by atoms with Crippen LogP contribution < -0.4 is 5.32 Å². The molecule has 0 saturated heterocycles. The predicted molar refractivity (Wildman–Crippen MR) is 73.5 cm³/mol. The third-order valence-electron chi connectivity index (χ3n) is 2.24. The van der Waals surface area contributed by atoms with Crippen LogP contribution in [0.15, 0.2) is 28.7 Å². The van der Waals surface area contributed by atoms with Crippen molar-refractivity contribution in [3.05, 3.63) is 34.3 Å². The monoisotopic (exact) mass is 315 g/mol. The standard InChI is InChI=1S/C13H18BrNO3/c1-3-17-12(18-4-2)9-15-13(16)10-5-7-11(14)8-6-10/h5-8,12H,3-4,9H2,1-2H3,(H,15,16). The summed E-state index contributed by atoms with van der Waals surface area (Å²) in [4.78, 5) is 11.8. The highest BCUT2D eigenvalue weighted by molar-refractivity contribution is 9.10. The van der Waals surface area contributed by atoms with Gasteiger partial charge in [-0.25, -0.2) is 0 Å². The van der Waals surface area contributed by atoms with Crippen LogP contribution in [-0.4, -0.2) is 32.0 Å². The molecule has 0 aliphatic rings. The van der Waals surface area contributed by atoms with Crippen LogP contribution in [0.4, 0.5) is 0 Å². The Morgan fingerprint density at radius 2 is 1.78 bits per heavy atom. The molecule has 1 rings (SSSR count). The van der Waals surface area contributed by atoms with Crippen molar-refractivity contribution >= 4 is 21.8 Å². The first-order valence-electron chi connectivity index (χ1n) is 5.94. The van der Waals surface area contributed by atoms with Crippen LogP contribution in [-0.2, 0) is 9.47 Å². The summed E-state index contributed by atoms with van der Waals surface area (Å²) < 4.78 is 11.6. The van der Waals surface area contributed by atoms with Crippen molar-refractivity contribution in [2.45, 2.75) is 20.1 Å². The summed E-state index contributed by atoms with van der Waals surface area (Å²) in [6, 6.07) is 7.18. The van der Waals surface area contributed by atoms with Gasteiger partial charge in [0.1, 0.15) is 0 Å². The van der Waals surface area contributed by atoms with Crippen LogP contribution in [0, 0.1) is 0 Å². The molecule has 0 aromatic heterocycles. The molecule has 18 heavy (non-hydrogen) atoms. The number of amides is 1. The summed E-state index contributed by atoms with van der Waals surface area (Å²) in [7, 11) is 0. The molecule has 1 amide bonds. The second-order valence-electron chi connectivity index (χ2n) is 3.56. The van der Waals surface area contributed by atoms with E-state index >= 15 is 0 Å². The van der Waals surface area contributed by atoms with Crippen LogP contribution >= 0.6 is 15.9 Å². The topological polar surface area (TPSA) is 47.6 Å². The van der Waals surface area contributed by atoms with E-state index in [0.29, 0.717) is 25.3 Å². The molecule has 1 N–H and O–H groups in total. The van der Waals surface area contributed by atoms with Gasteiger partial charge in [-0.05, 0) is 38.1 Å². The Labute approximate surface area is 116 Å². The zero-order chi connectivity index (χ0) is 13.4. The molecular weight excluding hydrogens is 298 g/mol. The first kappa shape index (κ1) is 15.1. The number of benzene rings is 1. The number of rotatable bonds is 7. The van der Waals surface area contributed by atoms with E-state index in [-0.39, 0.29) is 12.2 Å². The molecular formula is C13H18BrNO3. The molecule has 1 aromatic carbocycles. The summed E-state index contributed by atoms with van der Waals surface area (Å²) in [5.41, 5.74) is 0.616. The van der Waals surface area contributed by atoms with E-state index in [1.807, 2.05) is 26.0 Å². The second-order valence-corrected chi connectivity index (χ2v) is 4.47. The van der Waals surface area contributed by atoms with E-state index in [1.165, 1.54) is 0 Å². The van der Waals surface area contributed by atoms with Gasteiger partial charge in [-0.15, -0.1) is 0 Å². The van der Waals surface area contributed by atoms with Crippen molar-refractivity contribution in [3.8, 4) is 0 Å². The van der Waals surface area contributed by atoms with E-state index in [2.05, 4.69) is 21.2 Å². The lowest BCUT2D eigenvalue weighted by Gasteiger charge is -2.17. The molecule has 0 unspecified atom stereocenters. The Morgan fingerprint density at radius 1 is 1.22 bits per heavy atom. The maximum atomic E-state index is 11.8. The average molecular weight is 316 g/mol. The summed E-state index contributed by atoms with van der Waals surface area (Å²) in [5.74, 6) is -0.132. The van der Waals surface area contributed by atoms with Crippen molar-refractivity contribution < 1.29 is 14.3 Å². The van der Waals surface area contributed by atoms with Crippen LogP contribution in [0.3, 0.4) is 0 Å². The van der Waals surface area contributed by atoms with Gasteiger partial charge in [-0.3, -0.25) is 4.79 Å². The molecule has 0 heterocycles. The van der Waals surface area contributed by atoms with Gasteiger partial charge in [-0.1, -0.05) is 15.9 Å². The minimum atomic E-state index is -0.389. The Morgan fingerprint density at radius 3 is 2.28 bits per heavy atom. The minimum absolute atomic E-state index is 0.132. The number of carbonyl (C=O) groups is 1. The van der Waals surface area contributed by atoms with E-state index in [0.717, 1.165) is 4.47 Å². The van der Waals surface area contributed by atoms with Gasteiger partial charge in [-0.2, -0.15) is 0 Å². The third-order valence-corrected chi connectivity index (χ3v) is 2.77. The number of halogens is 1. The number of carbonyl (C=O) groups excluding carboxylic acids is 1. The van der Waals surface area contributed by atoms with Crippen LogP contribution in [0.5, 0.6) is 0 Å². The first-order valence-corrected chi connectivity index (χ1v) is 6.73. The summed E-state index contributed by atoms with van der Waals surface area (Å²) >= 11 is 3.33. The molecule has 5 heteroatoms. The fourth-order valence-corrected chi connectivity index (χ4v) is 1.68. The maximum absolute atomic E-state index is 11.8. The lowest BCUT2D eigenvalue weighted by Crippen LogP contribution is -2.35. The number of hydrogen-bond acceptors (Lipinski definition) is 3. The molecule has 0 bridgehead atoms. The zero-order valence-electron chi connectivity index (χ0n) is 10.6. The van der Waals surface area contributed by atoms with Crippen molar-refractivity contribution in [2.24, 2.45) is 0 Å². The molecule has 0 aliphatic heterocycles. The van der Waals surface area contributed by atoms with E-state index < -0.39 is 0 Å². The number of ether oxygens (including phenoxy) is 2. The third kappa shape index (κ3) is 5.16. The fraction of sp³-hybridized carbons (Fsp3) is 0.462. The van der Waals surface area contributed by atoms with Crippen molar-refractivity contribution in [3.63, 3.8) is 0 Å². The summed E-state index contributed by atoms with van der Waals surface area (Å²) in [5, 5.41) is 2.78. The van der Waals surface area contributed by atoms with E-state index in [4.69, 9.17) is 9.47 Å². The molecule has 0 atom stereocenters. The van der Waals surface area contributed by atoms with Gasteiger partial charge < -0.3 is 14.8 Å². The lowest BCUT2D eigenvalue weighted by molar-refractivity contribution is -0.131. The normalized spacial score (nSPS) is 10.7. The Hall–Kier alpha value is -0.910. The maximum Gasteiger partial charge on any atom is 0.251 e. The van der Waals surface area contributed by atoms with Crippen LogP contribution in [0.25, 0.3) is 0 Å². The highest BCUT2D eigenvalue weighted by Gasteiger charge is 2.11. The molecule has 0 saturated carbocycles. The zero-order valence-corrected chi connectivity index (χ0v) is 12.2. The summed E-state index contributed by atoms with van der Waals surface area (Å²) in [6.45, 7) is 5.24. The highest BCUT2D eigenvalue weighted by atomic mass is 79.9. The SMILES string of the molecule is CCOC(CNC(=O)c1ccc(Br)cc1)OCC. The van der Waals surface area contributed by atoms with Crippen LogP contribution in [0.2, 0.25) is 0 Å². The number of nitrogens with one attached hydrogen (secondary N) is 1. The average Bonchev–Trinajstić information content (AvgIpc) is 2.37. The largest absolute Gasteiger partial charge is 0.351 e. The molecule has 4 nitrogen and oxygen atoms in total. The molecule has 0 fully saturated rings. The molecule has 100 valence electrons. The summed E-state index contributed by atoms with van der Waals surface area (Å²) in [6.07, 6.45) is -0.389. The molecule has 0 aliphatic carbocycles. The van der Waals surface area contributed by atoms with Crippen LogP contribution in [0.1, 0.15) is 24.2 Å². The first-order chi connectivity index (χ1) is 8.67. The van der Waals surface area contributed by atoms with E-state index in [1.54, 1.807) is 12.1 Å². The minimum Gasteiger partial charge on any atom is -0.351 e. The molecule has 0 spiro atoms. The Balaban J connectivity index is 2.46. The van der Waals surface area contributed by atoms with Gasteiger partial charge in [0.25, 0.3) is 5.91 Å². The van der Waals surface area contributed by atoms with Crippen molar-refractivity contribution in [2.75, 3.05) is 19.8 Å². The fourth-order valence-electron chi connectivity index (χ4n) is 1.42. The Kier molecular flexibility index (Phi) is 6.93. The smallest absolute Gasteiger partial charge is 0.251 e. The highest BCUT2D eigenvalue weighted by Crippen LogP contribution is 2.10. The van der Waals surface area contributed by atoms with Gasteiger partial charge in [0.2, 0.25) is 0 Å². The van der Waals surface area contributed by atoms with Gasteiger partial charge in [0.15, 0.2) is 6.29 Å². The molecule has 0 radical (unpaired) electrons. The van der Waals surface area contributed by atoms with Crippen molar-refractivity contribution in [1.29, 1.82) is 0 Å². The van der Waals surface area contributed by atoms with Crippen molar-refractivity contribution in [1.82, 2.24) is 5.32 Å². The number of hydrogen-bond donors (Lipinski definition) is 1. The van der Waals surface area contributed by atoms with Gasteiger partial charge >= 0.3 is 0 Å². The second kappa shape index (κ2) is 8.24. The lowest BCUT2D eigenvalue weighted by atomic mass is 10.2.